The molecule has 1 atom stereocenters. The van der Waals surface area contributed by atoms with Crippen LogP contribution in [0.3, 0.4) is 0 Å². The van der Waals surface area contributed by atoms with Crippen LogP contribution in [0.25, 0.3) is 0 Å². The predicted molar refractivity (Wildman–Crippen MR) is 72.1 cm³/mol. The van der Waals surface area contributed by atoms with E-state index in [1.165, 1.54) is 0 Å². The van der Waals surface area contributed by atoms with E-state index in [4.69, 9.17) is 0 Å². The van der Waals surface area contributed by atoms with Crippen molar-refractivity contribution in [2.45, 2.75) is 26.8 Å². The summed E-state index contributed by atoms with van der Waals surface area (Å²) in [4.78, 5) is 4.24. The smallest absolute Gasteiger partial charge is 0.126 e. The first-order valence-corrected chi connectivity index (χ1v) is 6.01. The first kappa shape index (κ1) is 12.6. The van der Waals surface area contributed by atoms with Crippen LogP contribution in [0.1, 0.15) is 29.7 Å². The zero-order valence-corrected chi connectivity index (χ0v) is 10.9. The molecule has 3 heteroatoms. The predicted octanol–water partition coefficient (Wildman–Crippen LogP) is 4.01. The molecule has 18 heavy (non-hydrogen) atoms. The van der Waals surface area contributed by atoms with Gasteiger partial charge in [-0.15, -0.1) is 0 Å². The van der Waals surface area contributed by atoms with Crippen molar-refractivity contribution in [2.24, 2.45) is 0 Å². The molecule has 0 amide bonds. The van der Waals surface area contributed by atoms with Crippen molar-refractivity contribution in [3.63, 3.8) is 0 Å². The van der Waals surface area contributed by atoms with E-state index in [1.807, 2.05) is 32.0 Å². The van der Waals surface area contributed by atoms with Crippen molar-refractivity contribution >= 4 is 5.82 Å². The minimum Gasteiger partial charge on any atom is -0.364 e. The van der Waals surface area contributed by atoms with Crippen molar-refractivity contribution in [2.75, 3.05) is 5.32 Å². The summed E-state index contributed by atoms with van der Waals surface area (Å²) < 4.78 is 13.5. The van der Waals surface area contributed by atoms with Crippen LogP contribution in [-0.4, -0.2) is 4.98 Å². The highest BCUT2D eigenvalue weighted by Gasteiger charge is 2.08. The van der Waals surface area contributed by atoms with Gasteiger partial charge in [0, 0.05) is 6.20 Å². The molecule has 0 spiro atoms. The van der Waals surface area contributed by atoms with E-state index >= 15 is 0 Å². The van der Waals surface area contributed by atoms with Gasteiger partial charge >= 0.3 is 0 Å². The van der Waals surface area contributed by atoms with Crippen LogP contribution in [-0.2, 0) is 0 Å². The summed E-state index contributed by atoms with van der Waals surface area (Å²) in [6.45, 7) is 5.77. The molecular weight excluding hydrogens is 227 g/mol. The number of aryl methyl sites for hydroxylation is 2. The number of aromatic nitrogens is 1. The lowest BCUT2D eigenvalue weighted by Crippen LogP contribution is -2.08. The highest BCUT2D eigenvalue weighted by Crippen LogP contribution is 2.20. The third-order valence-corrected chi connectivity index (χ3v) is 2.98. The maximum absolute atomic E-state index is 13.5. The molecule has 2 nitrogen and oxygen atoms in total. The van der Waals surface area contributed by atoms with Crippen LogP contribution in [0, 0.1) is 19.7 Å². The minimum atomic E-state index is -0.168. The fourth-order valence-electron chi connectivity index (χ4n) is 1.80. The number of hydrogen-bond acceptors (Lipinski definition) is 2. The number of nitrogens with one attached hydrogen (secondary N) is 1. The first-order valence-electron chi connectivity index (χ1n) is 6.01. The van der Waals surface area contributed by atoms with Gasteiger partial charge in [-0.1, -0.05) is 12.1 Å². The summed E-state index contributed by atoms with van der Waals surface area (Å²) in [6.07, 6.45) is 1.76. The number of pyridine rings is 1. The second kappa shape index (κ2) is 5.17. The quantitative estimate of drug-likeness (QED) is 0.882. The standard InChI is InChI=1S/C15H17FN2/c1-10-6-7-17-15(8-10)18-12(3)13-5-4-11(2)14(16)9-13/h4-9,12H,1-3H3,(H,17,18). The maximum atomic E-state index is 13.5. The normalized spacial score (nSPS) is 12.2. The van der Waals surface area contributed by atoms with Gasteiger partial charge in [0.2, 0.25) is 0 Å². The van der Waals surface area contributed by atoms with E-state index in [1.54, 1.807) is 25.3 Å². The highest BCUT2D eigenvalue weighted by atomic mass is 19.1. The van der Waals surface area contributed by atoms with Crippen LogP contribution < -0.4 is 5.32 Å². The molecule has 1 aromatic heterocycles. The topological polar surface area (TPSA) is 24.9 Å². The Balaban J connectivity index is 2.16. The van der Waals surface area contributed by atoms with E-state index in [0.29, 0.717) is 5.56 Å². The van der Waals surface area contributed by atoms with Gasteiger partial charge in [-0.25, -0.2) is 9.37 Å². The number of hydrogen-bond donors (Lipinski definition) is 1. The van der Waals surface area contributed by atoms with Gasteiger partial charge in [-0.3, -0.25) is 0 Å². The Morgan fingerprint density at radius 3 is 2.61 bits per heavy atom. The van der Waals surface area contributed by atoms with Crippen LogP contribution in [0.4, 0.5) is 10.2 Å². The van der Waals surface area contributed by atoms with E-state index < -0.39 is 0 Å². The molecule has 1 heterocycles. The Labute approximate surface area is 107 Å². The summed E-state index contributed by atoms with van der Waals surface area (Å²) in [5.74, 6) is 0.641. The molecule has 0 aliphatic carbocycles. The van der Waals surface area contributed by atoms with E-state index in [0.717, 1.165) is 16.9 Å². The summed E-state index contributed by atoms with van der Waals surface area (Å²) >= 11 is 0. The monoisotopic (exact) mass is 244 g/mol. The van der Waals surface area contributed by atoms with Gasteiger partial charge in [0.1, 0.15) is 11.6 Å². The van der Waals surface area contributed by atoms with Crippen molar-refractivity contribution in [1.29, 1.82) is 0 Å². The van der Waals surface area contributed by atoms with Gasteiger partial charge in [0.05, 0.1) is 6.04 Å². The Kier molecular flexibility index (Phi) is 3.60. The van der Waals surface area contributed by atoms with Crippen LogP contribution >= 0.6 is 0 Å². The zero-order chi connectivity index (χ0) is 13.1. The first-order chi connectivity index (χ1) is 8.56. The second-order valence-corrected chi connectivity index (χ2v) is 4.59. The summed E-state index contributed by atoms with van der Waals surface area (Å²) in [5, 5.41) is 3.27. The summed E-state index contributed by atoms with van der Waals surface area (Å²) in [7, 11) is 0. The number of anilines is 1. The van der Waals surface area contributed by atoms with Crippen molar-refractivity contribution in [3.05, 3.63) is 59.0 Å². The number of halogens is 1. The lowest BCUT2D eigenvalue weighted by Gasteiger charge is -2.15. The largest absolute Gasteiger partial charge is 0.364 e. The van der Waals surface area contributed by atoms with Gasteiger partial charge in [-0.2, -0.15) is 0 Å². The molecule has 0 fully saturated rings. The SMILES string of the molecule is Cc1ccnc(NC(C)c2ccc(C)c(F)c2)c1. The third-order valence-electron chi connectivity index (χ3n) is 2.98. The molecule has 0 aliphatic rings. The average molecular weight is 244 g/mol. The fraction of sp³-hybridized carbons (Fsp3) is 0.267. The van der Waals surface area contributed by atoms with Crippen LogP contribution in [0.15, 0.2) is 36.5 Å². The molecule has 2 aromatic rings. The lowest BCUT2D eigenvalue weighted by atomic mass is 10.1. The van der Waals surface area contributed by atoms with Gasteiger partial charge in [0.25, 0.3) is 0 Å². The van der Waals surface area contributed by atoms with Crippen LogP contribution in [0.2, 0.25) is 0 Å². The summed E-state index contributed by atoms with van der Waals surface area (Å²) in [5.41, 5.74) is 2.73. The van der Waals surface area contributed by atoms with Crippen LogP contribution in [0.5, 0.6) is 0 Å². The third kappa shape index (κ3) is 2.86. The average Bonchev–Trinajstić information content (AvgIpc) is 2.32. The summed E-state index contributed by atoms with van der Waals surface area (Å²) in [6, 6.07) is 9.25. The van der Waals surface area contributed by atoms with Gasteiger partial charge in [0.15, 0.2) is 0 Å². The number of rotatable bonds is 3. The Bertz CT molecular complexity index is 552. The highest BCUT2D eigenvalue weighted by molar-refractivity contribution is 5.40. The van der Waals surface area contributed by atoms with Gasteiger partial charge in [-0.05, 0) is 55.7 Å². The van der Waals surface area contributed by atoms with Crippen molar-refractivity contribution in [1.82, 2.24) is 4.98 Å². The molecular formula is C15H17FN2. The van der Waals surface area contributed by atoms with Crippen molar-refractivity contribution in [3.8, 4) is 0 Å². The van der Waals surface area contributed by atoms with E-state index in [9.17, 15) is 4.39 Å². The zero-order valence-electron chi connectivity index (χ0n) is 10.9. The molecule has 0 saturated heterocycles. The van der Waals surface area contributed by atoms with E-state index in [-0.39, 0.29) is 11.9 Å². The molecule has 0 saturated carbocycles. The fourth-order valence-corrected chi connectivity index (χ4v) is 1.80. The lowest BCUT2D eigenvalue weighted by molar-refractivity contribution is 0.614. The minimum absolute atomic E-state index is 0.0226. The number of nitrogens with zero attached hydrogens (tertiary/aromatic N) is 1. The molecule has 0 aliphatic heterocycles. The molecule has 0 radical (unpaired) electrons. The molecule has 0 bridgehead atoms. The molecule has 1 N–H and O–H groups in total. The number of benzene rings is 1. The maximum Gasteiger partial charge on any atom is 0.126 e. The van der Waals surface area contributed by atoms with Crippen molar-refractivity contribution < 1.29 is 4.39 Å². The Morgan fingerprint density at radius 1 is 1.17 bits per heavy atom. The Morgan fingerprint density at radius 2 is 1.94 bits per heavy atom. The molecule has 1 unspecified atom stereocenters. The van der Waals surface area contributed by atoms with E-state index in [2.05, 4.69) is 10.3 Å². The molecule has 94 valence electrons. The molecule has 1 aromatic carbocycles. The second-order valence-electron chi connectivity index (χ2n) is 4.59. The molecule has 2 rings (SSSR count). The Hall–Kier alpha value is -1.90. The van der Waals surface area contributed by atoms with Gasteiger partial charge < -0.3 is 5.32 Å².